The van der Waals surface area contributed by atoms with Crippen LogP contribution in [0, 0.1) is 0 Å². The monoisotopic (exact) mass is 391 g/mol. The molecule has 1 fully saturated rings. The average molecular weight is 391 g/mol. The minimum atomic E-state index is -0.802. The van der Waals surface area contributed by atoms with E-state index in [-0.39, 0.29) is 23.1 Å². The SMILES string of the molecule is CC(Oc1c(-c2ccccc2)oc2ccccc2c1=O)C(=O)NC1CCCCC1. The molecule has 29 heavy (non-hydrogen) atoms. The third-order valence-electron chi connectivity index (χ3n) is 5.41. The number of para-hydroxylation sites is 1. The fourth-order valence-electron chi connectivity index (χ4n) is 3.81. The Morgan fingerprint density at radius 1 is 1.03 bits per heavy atom. The molecule has 0 aliphatic heterocycles. The highest BCUT2D eigenvalue weighted by Crippen LogP contribution is 2.31. The number of amides is 1. The molecule has 1 atom stereocenters. The topological polar surface area (TPSA) is 68.5 Å². The first kappa shape index (κ1) is 19.2. The van der Waals surface area contributed by atoms with Gasteiger partial charge >= 0.3 is 0 Å². The quantitative estimate of drug-likeness (QED) is 0.686. The Balaban J connectivity index is 1.67. The lowest BCUT2D eigenvalue weighted by Gasteiger charge is -2.24. The first-order valence-electron chi connectivity index (χ1n) is 10.2. The van der Waals surface area contributed by atoms with Gasteiger partial charge in [-0.25, -0.2) is 0 Å². The highest BCUT2D eigenvalue weighted by Gasteiger charge is 2.25. The van der Waals surface area contributed by atoms with Gasteiger partial charge in [0.2, 0.25) is 11.2 Å². The van der Waals surface area contributed by atoms with Crippen LogP contribution in [0.2, 0.25) is 0 Å². The molecule has 1 aliphatic carbocycles. The van der Waals surface area contributed by atoms with Crippen LogP contribution in [-0.2, 0) is 4.79 Å². The molecular formula is C24H25NO4. The number of ether oxygens (including phenoxy) is 1. The molecular weight excluding hydrogens is 366 g/mol. The summed E-state index contributed by atoms with van der Waals surface area (Å²) in [4.78, 5) is 25.8. The smallest absolute Gasteiger partial charge is 0.261 e. The fraction of sp³-hybridized carbons (Fsp3) is 0.333. The molecule has 1 amide bonds. The number of rotatable bonds is 5. The maximum absolute atomic E-state index is 13.2. The van der Waals surface area contributed by atoms with Crippen molar-refractivity contribution in [3.8, 4) is 17.1 Å². The molecule has 1 aromatic heterocycles. The Kier molecular flexibility index (Phi) is 5.65. The van der Waals surface area contributed by atoms with E-state index < -0.39 is 6.10 Å². The Hall–Kier alpha value is -3.08. The number of carbonyl (C=O) groups is 1. The van der Waals surface area contributed by atoms with E-state index in [4.69, 9.17) is 9.15 Å². The molecule has 150 valence electrons. The molecule has 1 aliphatic rings. The minimum absolute atomic E-state index is 0.0706. The van der Waals surface area contributed by atoms with Crippen LogP contribution in [0.15, 0.2) is 63.8 Å². The number of nitrogens with one attached hydrogen (secondary N) is 1. The second-order valence-electron chi connectivity index (χ2n) is 7.56. The van der Waals surface area contributed by atoms with E-state index in [0.29, 0.717) is 16.7 Å². The number of hydrogen-bond acceptors (Lipinski definition) is 4. The lowest BCUT2D eigenvalue weighted by molar-refractivity contribution is -0.128. The third kappa shape index (κ3) is 4.19. The zero-order valence-corrected chi connectivity index (χ0v) is 16.5. The molecule has 5 heteroatoms. The van der Waals surface area contributed by atoms with Crippen molar-refractivity contribution in [1.82, 2.24) is 5.32 Å². The molecule has 1 N–H and O–H groups in total. The van der Waals surface area contributed by atoms with Gasteiger partial charge in [0.15, 0.2) is 11.9 Å². The molecule has 0 bridgehead atoms. The zero-order valence-electron chi connectivity index (χ0n) is 16.5. The molecule has 3 aromatic rings. The predicted octanol–water partition coefficient (Wildman–Crippen LogP) is 4.68. The number of benzene rings is 2. The lowest BCUT2D eigenvalue weighted by Crippen LogP contribution is -2.43. The van der Waals surface area contributed by atoms with Gasteiger partial charge in [-0.1, -0.05) is 61.7 Å². The van der Waals surface area contributed by atoms with Gasteiger partial charge in [-0.05, 0) is 31.9 Å². The van der Waals surface area contributed by atoms with E-state index in [1.165, 1.54) is 6.42 Å². The van der Waals surface area contributed by atoms with Crippen LogP contribution in [0.25, 0.3) is 22.3 Å². The third-order valence-corrected chi connectivity index (χ3v) is 5.41. The van der Waals surface area contributed by atoms with E-state index >= 15 is 0 Å². The summed E-state index contributed by atoms with van der Waals surface area (Å²) in [6.45, 7) is 1.67. The summed E-state index contributed by atoms with van der Waals surface area (Å²) in [5, 5.41) is 3.49. The van der Waals surface area contributed by atoms with E-state index in [1.807, 2.05) is 36.4 Å². The molecule has 1 saturated carbocycles. The fourth-order valence-corrected chi connectivity index (χ4v) is 3.81. The second kappa shape index (κ2) is 8.52. The van der Waals surface area contributed by atoms with Crippen LogP contribution in [0.4, 0.5) is 0 Å². The van der Waals surface area contributed by atoms with Crippen molar-refractivity contribution in [3.05, 3.63) is 64.8 Å². The van der Waals surface area contributed by atoms with Gasteiger partial charge in [0.05, 0.1) is 5.39 Å². The molecule has 0 spiro atoms. The average Bonchev–Trinajstić information content (AvgIpc) is 2.76. The van der Waals surface area contributed by atoms with Gasteiger partial charge in [0.1, 0.15) is 5.58 Å². The van der Waals surface area contributed by atoms with E-state index in [2.05, 4.69) is 5.32 Å². The maximum atomic E-state index is 13.2. The summed E-state index contributed by atoms with van der Waals surface area (Å²) in [6, 6.07) is 16.6. The van der Waals surface area contributed by atoms with E-state index in [1.54, 1.807) is 25.1 Å². The summed E-state index contributed by atoms with van der Waals surface area (Å²) in [5.74, 6) is 0.205. The Bertz CT molecular complexity index is 1050. The normalized spacial score (nSPS) is 15.8. The van der Waals surface area contributed by atoms with Crippen LogP contribution < -0.4 is 15.5 Å². The molecule has 4 rings (SSSR count). The minimum Gasteiger partial charge on any atom is -0.473 e. The Morgan fingerprint density at radius 3 is 2.48 bits per heavy atom. The van der Waals surface area contributed by atoms with Crippen molar-refractivity contribution in [3.63, 3.8) is 0 Å². The second-order valence-corrected chi connectivity index (χ2v) is 7.56. The summed E-state index contributed by atoms with van der Waals surface area (Å²) < 4.78 is 12.0. The Labute approximate surface area is 169 Å². The number of carbonyl (C=O) groups excluding carboxylic acids is 1. The first-order valence-corrected chi connectivity index (χ1v) is 10.2. The van der Waals surface area contributed by atoms with Crippen LogP contribution in [0.1, 0.15) is 39.0 Å². The summed E-state index contributed by atoms with van der Waals surface area (Å²) in [7, 11) is 0. The highest BCUT2D eigenvalue weighted by molar-refractivity contribution is 5.84. The standard InChI is InChI=1S/C24H25NO4/c1-16(24(27)25-18-12-6-3-7-13-18)28-23-21(26)19-14-8-9-15-20(19)29-22(23)17-10-4-2-5-11-17/h2,4-5,8-11,14-16,18H,3,6-7,12-13H2,1H3,(H,25,27). The molecule has 0 radical (unpaired) electrons. The van der Waals surface area contributed by atoms with Crippen molar-refractivity contribution in [2.24, 2.45) is 0 Å². The molecule has 0 saturated heterocycles. The summed E-state index contributed by atoms with van der Waals surface area (Å²) >= 11 is 0. The van der Waals surface area contributed by atoms with Gasteiger partial charge in [-0.15, -0.1) is 0 Å². The van der Waals surface area contributed by atoms with Gasteiger partial charge in [-0.3, -0.25) is 9.59 Å². The van der Waals surface area contributed by atoms with Gasteiger partial charge in [0, 0.05) is 11.6 Å². The largest absolute Gasteiger partial charge is 0.473 e. The predicted molar refractivity (Wildman–Crippen MR) is 113 cm³/mol. The number of fused-ring (bicyclic) bond motifs is 1. The van der Waals surface area contributed by atoms with Crippen molar-refractivity contribution in [2.45, 2.75) is 51.2 Å². The van der Waals surface area contributed by atoms with Crippen LogP contribution in [-0.4, -0.2) is 18.1 Å². The van der Waals surface area contributed by atoms with E-state index in [0.717, 1.165) is 31.2 Å². The highest BCUT2D eigenvalue weighted by atomic mass is 16.5. The molecule has 2 aromatic carbocycles. The lowest BCUT2D eigenvalue weighted by atomic mass is 9.95. The van der Waals surface area contributed by atoms with E-state index in [9.17, 15) is 9.59 Å². The van der Waals surface area contributed by atoms with Crippen molar-refractivity contribution in [2.75, 3.05) is 0 Å². The zero-order chi connectivity index (χ0) is 20.2. The Morgan fingerprint density at radius 2 is 1.72 bits per heavy atom. The summed E-state index contributed by atoms with van der Waals surface area (Å²) in [5.41, 5.74) is 0.941. The van der Waals surface area contributed by atoms with Crippen LogP contribution in [0.3, 0.4) is 0 Å². The molecule has 1 heterocycles. The summed E-state index contributed by atoms with van der Waals surface area (Å²) in [6.07, 6.45) is 4.66. The van der Waals surface area contributed by atoms with Crippen LogP contribution in [0.5, 0.6) is 5.75 Å². The first-order chi connectivity index (χ1) is 14.1. The van der Waals surface area contributed by atoms with Crippen molar-refractivity contribution < 1.29 is 13.9 Å². The van der Waals surface area contributed by atoms with Crippen molar-refractivity contribution in [1.29, 1.82) is 0 Å². The van der Waals surface area contributed by atoms with Gasteiger partial charge in [0.25, 0.3) is 5.91 Å². The van der Waals surface area contributed by atoms with Gasteiger partial charge < -0.3 is 14.5 Å². The van der Waals surface area contributed by atoms with Crippen molar-refractivity contribution >= 4 is 16.9 Å². The number of hydrogen-bond donors (Lipinski definition) is 1. The maximum Gasteiger partial charge on any atom is 0.261 e. The molecule has 1 unspecified atom stereocenters. The van der Waals surface area contributed by atoms with Crippen LogP contribution >= 0.6 is 0 Å². The van der Waals surface area contributed by atoms with Gasteiger partial charge in [-0.2, -0.15) is 0 Å². The molecule has 5 nitrogen and oxygen atoms in total.